The van der Waals surface area contributed by atoms with Crippen LogP contribution < -0.4 is 0 Å². The Balaban J connectivity index is 0. The van der Waals surface area contributed by atoms with Gasteiger partial charge in [-0.05, 0) is 0 Å². The minimum absolute atomic E-state index is 0.843. The molecule has 0 saturated heterocycles. The molecular weight excluding hydrogens is 344 g/mol. The molecule has 0 rings (SSSR count). The van der Waals surface area contributed by atoms with Crippen LogP contribution in [-0.2, 0) is 28.3 Å². The van der Waals surface area contributed by atoms with Gasteiger partial charge in [-0.25, -0.2) is 4.79 Å². The van der Waals surface area contributed by atoms with Crippen LogP contribution in [0.4, 0.5) is 0 Å². The molecule has 0 unspecified atom stereocenters. The molecule has 11 nitrogen and oxygen atoms in total. The van der Waals surface area contributed by atoms with Crippen molar-refractivity contribution in [1.82, 2.24) is 0 Å². The van der Waals surface area contributed by atoms with Crippen molar-refractivity contribution < 1.29 is 66.5 Å². The third-order valence-corrected chi connectivity index (χ3v) is 1.51. The molecule has 0 bridgehead atoms. The van der Waals surface area contributed by atoms with Gasteiger partial charge in [0.25, 0.3) is 0 Å². The van der Waals surface area contributed by atoms with Crippen LogP contribution in [0.3, 0.4) is 0 Å². The average Bonchev–Trinajstić information content (AvgIpc) is 2.22. The second-order valence-corrected chi connectivity index (χ2v) is 5.16. The molecule has 0 aromatic rings. The van der Waals surface area contributed by atoms with Gasteiger partial charge in [0.1, 0.15) is 18.3 Å². The summed E-state index contributed by atoms with van der Waals surface area (Å²) in [7, 11) is 0. The van der Waals surface area contributed by atoms with Crippen molar-refractivity contribution in [2.75, 3.05) is 6.61 Å². The van der Waals surface area contributed by atoms with Gasteiger partial charge in [0, 0.05) is 0 Å². The fourth-order valence-electron chi connectivity index (χ4n) is 0.668. The van der Waals surface area contributed by atoms with E-state index in [4.69, 9.17) is 45.0 Å². The van der Waals surface area contributed by atoms with E-state index in [1.807, 2.05) is 0 Å². The molecule has 0 fully saturated rings. The Bertz CT molecular complexity index is 329. The van der Waals surface area contributed by atoms with Gasteiger partial charge < -0.3 is 30.6 Å². The molecule has 0 amide bonds. The standard InChI is InChI=1S/C6H12O7.Mo.2H2O.2O/c7-1-2(8)3(9)4(10)5(11)6(12)13;;;;;/h2-5,7-11H,1H2,(H,12,13);;2*1H2;;/q;+2;;;;/p-2/t2-,3-,4+,5-;;;;;/m1...../s1. The summed E-state index contributed by atoms with van der Waals surface area (Å²) in [4.78, 5) is 10.1. The predicted molar refractivity (Wildman–Crippen MR) is 44.6 cm³/mol. The van der Waals surface area contributed by atoms with E-state index < -0.39 is 53.7 Å². The minimum atomic E-state index is -5.52. The van der Waals surface area contributed by atoms with Gasteiger partial charge >= 0.3 is 37.0 Å². The molecule has 0 saturated carbocycles. The summed E-state index contributed by atoms with van der Waals surface area (Å²) < 4.78 is 32.0. The van der Waals surface area contributed by atoms with E-state index in [1.165, 1.54) is 0 Å². The van der Waals surface area contributed by atoms with E-state index in [0.29, 0.717) is 0 Å². The molecule has 0 aliphatic carbocycles. The number of carbonyl (C=O) groups is 1. The Morgan fingerprint density at radius 3 is 1.56 bits per heavy atom. The quantitative estimate of drug-likeness (QED) is 0.218. The van der Waals surface area contributed by atoms with Crippen LogP contribution in [0.2, 0.25) is 0 Å². The van der Waals surface area contributed by atoms with Crippen molar-refractivity contribution in [2.24, 2.45) is 0 Å². The van der Waals surface area contributed by atoms with Crippen molar-refractivity contribution in [2.45, 2.75) is 24.4 Å². The predicted octanol–water partition coefficient (Wildman–Crippen LogP) is -4.85. The molecule has 0 radical (unpaired) electrons. The van der Waals surface area contributed by atoms with Gasteiger partial charge in [-0.1, -0.05) is 0 Å². The molecule has 12 heteroatoms. The van der Waals surface area contributed by atoms with E-state index in [2.05, 4.69) is 0 Å². The Labute approximate surface area is 104 Å². The second-order valence-electron chi connectivity index (χ2n) is 2.96. The monoisotopic (exact) mass is 360 g/mol. The van der Waals surface area contributed by atoms with Gasteiger partial charge in [-0.15, -0.1) is 0 Å². The molecule has 110 valence electrons. The van der Waals surface area contributed by atoms with Crippen LogP contribution in [-0.4, -0.2) is 75.2 Å². The molecule has 0 heterocycles. The summed E-state index contributed by atoms with van der Waals surface area (Å²) in [6.45, 7) is -0.843. The van der Waals surface area contributed by atoms with Crippen LogP contribution in [0.15, 0.2) is 0 Å². The van der Waals surface area contributed by atoms with Crippen LogP contribution in [0.5, 0.6) is 0 Å². The zero-order valence-corrected chi connectivity index (χ0v) is 10.7. The normalized spacial score (nSPS) is 17.9. The third kappa shape index (κ3) is 10.6. The number of aliphatic hydroxyl groups is 5. The van der Waals surface area contributed by atoms with Crippen molar-refractivity contribution in [1.29, 1.82) is 0 Å². The number of carboxylic acids is 1. The molecule has 0 aromatic heterocycles. The summed E-state index contributed by atoms with van der Waals surface area (Å²) in [5.41, 5.74) is 0. The van der Waals surface area contributed by atoms with Crippen molar-refractivity contribution in [3.05, 3.63) is 0 Å². The average molecular weight is 358 g/mol. The first-order valence-electron chi connectivity index (χ1n) is 4.17. The maximum absolute atomic E-state index is 10.1. The molecule has 0 aliphatic heterocycles. The molecule has 18 heavy (non-hydrogen) atoms. The summed E-state index contributed by atoms with van der Waals surface area (Å²) in [6, 6.07) is 0. The molecule has 0 aromatic carbocycles. The zero-order valence-electron chi connectivity index (χ0n) is 8.73. The van der Waals surface area contributed by atoms with Gasteiger partial charge in [-0.2, -0.15) is 0 Å². The van der Waals surface area contributed by atoms with Crippen LogP contribution in [0.1, 0.15) is 0 Å². The Hall–Kier alpha value is -0.522. The van der Waals surface area contributed by atoms with Gasteiger partial charge in [0.05, 0.1) is 6.61 Å². The summed E-state index contributed by atoms with van der Waals surface area (Å²) in [5, 5.41) is 51.8. The Morgan fingerprint density at radius 1 is 1.00 bits per heavy atom. The van der Waals surface area contributed by atoms with Crippen LogP contribution in [0, 0.1) is 0 Å². The maximum atomic E-state index is 10.1. The fraction of sp³-hybridized carbons (Fsp3) is 0.833. The summed E-state index contributed by atoms with van der Waals surface area (Å²) in [6.07, 6.45) is -7.84. The van der Waals surface area contributed by atoms with Crippen molar-refractivity contribution in [3.8, 4) is 0 Å². The van der Waals surface area contributed by atoms with Gasteiger partial charge in [0.2, 0.25) is 0 Å². The topological polar surface area (TPSA) is 213 Å². The summed E-state index contributed by atoms with van der Waals surface area (Å²) >= 11 is -5.52. The number of aliphatic hydroxyl groups excluding tert-OH is 5. The second kappa shape index (κ2) is 8.56. The fourth-order valence-corrected chi connectivity index (χ4v) is 0.668. The number of hydrogen-bond donors (Lipinski definition) is 8. The Kier molecular flexibility index (Phi) is 9.42. The molecule has 8 N–H and O–H groups in total. The number of aliphatic carboxylic acids is 1. The van der Waals surface area contributed by atoms with Crippen molar-refractivity contribution in [3.63, 3.8) is 0 Å². The molecule has 4 atom stereocenters. The van der Waals surface area contributed by atoms with E-state index in [9.17, 15) is 4.79 Å². The first kappa shape index (κ1) is 19.8. The zero-order chi connectivity index (χ0) is 15.1. The first-order valence-corrected chi connectivity index (χ1v) is 7.61. The van der Waals surface area contributed by atoms with E-state index in [0.717, 1.165) is 0 Å². The van der Waals surface area contributed by atoms with E-state index in [-0.39, 0.29) is 0 Å². The molecule has 0 spiro atoms. The SMILES string of the molecule is O=C(O)[C@H](O)[C@@H](O)[C@H](O)[C@H](O)CO.[O]=[Mo](=[O])([OH])[OH]. The third-order valence-electron chi connectivity index (χ3n) is 1.51. The van der Waals surface area contributed by atoms with Gasteiger partial charge in [0.15, 0.2) is 6.10 Å². The first-order chi connectivity index (χ1) is 7.91. The number of carboxylic acid groups (broad SMARTS) is 1. The van der Waals surface area contributed by atoms with Crippen LogP contribution >= 0.6 is 0 Å². The number of hydrogen-bond acceptors (Lipinski definition) is 8. The van der Waals surface area contributed by atoms with E-state index in [1.54, 1.807) is 0 Å². The van der Waals surface area contributed by atoms with Gasteiger partial charge in [-0.3, -0.25) is 0 Å². The van der Waals surface area contributed by atoms with Crippen LogP contribution in [0.25, 0.3) is 0 Å². The molecular formula is C6H14MoO11. The number of rotatable bonds is 5. The van der Waals surface area contributed by atoms with E-state index >= 15 is 0 Å². The Morgan fingerprint density at radius 2 is 1.33 bits per heavy atom. The molecule has 0 aliphatic rings. The van der Waals surface area contributed by atoms with Crippen molar-refractivity contribution >= 4 is 5.97 Å². The summed E-state index contributed by atoms with van der Waals surface area (Å²) in [5.74, 6) is -1.73.